The standard InChI is InChI=1S/C11H19N/c1-11-5-7-2-3-9(12)4-8(6-11)10(7)11/h7-10H,2-6,12H2,1H3/t7?,8-,9+,10-,11?/m1/s1. The van der Waals surface area contributed by atoms with Crippen molar-refractivity contribution in [3.8, 4) is 0 Å². The zero-order valence-corrected chi connectivity index (χ0v) is 7.92. The number of hydrogen-bond donors (Lipinski definition) is 1. The van der Waals surface area contributed by atoms with Crippen molar-refractivity contribution in [2.45, 2.75) is 45.1 Å². The lowest BCUT2D eigenvalue weighted by Crippen LogP contribution is -2.58. The van der Waals surface area contributed by atoms with Gasteiger partial charge in [-0.1, -0.05) is 6.92 Å². The second-order valence-electron chi connectivity index (χ2n) is 5.68. The van der Waals surface area contributed by atoms with Gasteiger partial charge in [-0.25, -0.2) is 0 Å². The molecule has 0 amide bonds. The summed E-state index contributed by atoms with van der Waals surface area (Å²) in [6, 6.07) is 0.533. The fourth-order valence-corrected chi connectivity index (χ4v) is 4.46. The van der Waals surface area contributed by atoms with Crippen molar-refractivity contribution in [2.75, 3.05) is 0 Å². The van der Waals surface area contributed by atoms with Crippen LogP contribution in [0.2, 0.25) is 0 Å². The van der Waals surface area contributed by atoms with Gasteiger partial charge in [-0.15, -0.1) is 0 Å². The van der Waals surface area contributed by atoms with E-state index in [2.05, 4.69) is 6.92 Å². The lowest BCUT2D eigenvalue weighted by atomic mass is 9.39. The third-order valence-electron chi connectivity index (χ3n) is 4.79. The van der Waals surface area contributed by atoms with Gasteiger partial charge in [0.25, 0.3) is 0 Å². The van der Waals surface area contributed by atoms with Crippen molar-refractivity contribution in [1.29, 1.82) is 0 Å². The molecule has 68 valence electrons. The Labute approximate surface area is 74.7 Å². The normalized spacial score (nSPS) is 62.5. The molecular formula is C11H19N. The number of hydrogen-bond acceptors (Lipinski definition) is 1. The first-order valence-electron chi connectivity index (χ1n) is 5.45. The zero-order chi connectivity index (χ0) is 8.34. The van der Waals surface area contributed by atoms with E-state index in [-0.39, 0.29) is 0 Å². The van der Waals surface area contributed by atoms with Gasteiger partial charge in [0.15, 0.2) is 0 Å². The van der Waals surface area contributed by atoms with Gasteiger partial charge in [-0.2, -0.15) is 0 Å². The summed E-state index contributed by atoms with van der Waals surface area (Å²) in [6.07, 6.45) is 7.06. The summed E-state index contributed by atoms with van der Waals surface area (Å²) in [5.74, 6) is 3.18. The topological polar surface area (TPSA) is 26.0 Å². The summed E-state index contributed by atoms with van der Waals surface area (Å²) >= 11 is 0. The quantitative estimate of drug-likeness (QED) is 0.585. The number of nitrogens with two attached hydrogens (primary N) is 1. The van der Waals surface area contributed by atoms with E-state index in [0.717, 1.165) is 23.2 Å². The average Bonchev–Trinajstić information content (AvgIpc) is 2.01. The summed E-state index contributed by atoms with van der Waals surface area (Å²) < 4.78 is 0. The van der Waals surface area contributed by atoms with Crippen molar-refractivity contribution in [3.63, 3.8) is 0 Å². The van der Waals surface area contributed by atoms with Crippen LogP contribution in [0.3, 0.4) is 0 Å². The van der Waals surface area contributed by atoms with Gasteiger partial charge < -0.3 is 5.73 Å². The highest BCUT2D eigenvalue weighted by Crippen LogP contribution is 2.69. The molecule has 2 unspecified atom stereocenters. The van der Waals surface area contributed by atoms with Crippen LogP contribution in [0, 0.1) is 23.2 Å². The predicted molar refractivity (Wildman–Crippen MR) is 49.6 cm³/mol. The zero-order valence-electron chi connectivity index (χ0n) is 7.92. The van der Waals surface area contributed by atoms with Crippen molar-refractivity contribution in [2.24, 2.45) is 28.9 Å². The third kappa shape index (κ3) is 0.736. The van der Waals surface area contributed by atoms with Crippen LogP contribution < -0.4 is 5.73 Å². The van der Waals surface area contributed by atoms with Crippen LogP contribution >= 0.6 is 0 Å². The van der Waals surface area contributed by atoms with Crippen LogP contribution in [-0.4, -0.2) is 6.04 Å². The van der Waals surface area contributed by atoms with E-state index in [1.165, 1.54) is 32.1 Å². The molecule has 0 aromatic rings. The Hall–Kier alpha value is -0.0400. The second-order valence-corrected chi connectivity index (χ2v) is 5.68. The Bertz CT molecular complexity index is 213. The lowest BCUT2D eigenvalue weighted by molar-refractivity contribution is -0.170. The molecule has 3 fully saturated rings. The maximum atomic E-state index is 6.05. The van der Waals surface area contributed by atoms with Gasteiger partial charge in [0, 0.05) is 6.04 Å². The first-order chi connectivity index (χ1) is 5.69. The molecule has 12 heavy (non-hydrogen) atoms. The van der Waals surface area contributed by atoms with Gasteiger partial charge in [-0.3, -0.25) is 0 Å². The minimum absolute atomic E-state index is 0.533. The Balaban J connectivity index is 1.80. The Morgan fingerprint density at radius 3 is 2.67 bits per heavy atom. The molecule has 3 rings (SSSR count). The summed E-state index contributed by atoms with van der Waals surface area (Å²) in [5.41, 5.74) is 6.82. The van der Waals surface area contributed by atoms with Crippen molar-refractivity contribution < 1.29 is 0 Å². The maximum Gasteiger partial charge on any atom is 0.00416 e. The molecule has 2 N–H and O–H groups in total. The molecule has 0 aliphatic heterocycles. The highest BCUT2D eigenvalue weighted by Gasteiger charge is 2.62. The van der Waals surface area contributed by atoms with Crippen molar-refractivity contribution in [3.05, 3.63) is 0 Å². The largest absolute Gasteiger partial charge is 0.328 e. The summed E-state index contributed by atoms with van der Waals surface area (Å²) in [4.78, 5) is 0. The molecule has 0 heterocycles. The monoisotopic (exact) mass is 165 g/mol. The van der Waals surface area contributed by atoms with Crippen LogP contribution in [0.15, 0.2) is 0 Å². The number of rotatable bonds is 0. The van der Waals surface area contributed by atoms with Crippen molar-refractivity contribution in [1.82, 2.24) is 0 Å². The molecule has 3 aliphatic rings. The maximum absolute atomic E-state index is 6.05. The highest BCUT2D eigenvalue weighted by molar-refractivity contribution is 5.11. The predicted octanol–water partition coefficient (Wildman–Crippen LogP) is 2.16. The van der Waals surface area contributed by atoms with E-state index in [4.69, 9.17) is 5.73 Å². The van der Waals surface area contributed by atoms with Crippen LogP contribution in [-0.2, 0) is 0 Å². The van der Waals surface area contributed by atoms with Crippen LogP contribution in [0.25, 0.3) is 0 Å². The molecule has 1 nitrogen and oxygen atoms in total. The fourth-order valence-electron chi connectivity index (χ4n) is 4.46. The fraction of sp³-hybridized carbons (Fsp3) is 1.00. The highest BCUT2D eigenvalue weighted by atomic mass is 14.7. The summed E-state index contributed by atoms with van der Waals surface area (Å²) in [7, 11) is 0. The minimum atomic E-state index is 0.533. The Morgan fingerprint density at radius 2 is 1.92 bits per heavy atom. The lowest BCUT2D eigenvalue weighted by Gasteiger charge is -2.66. The average molecular weight is 165 g/mol. The molecule has 3 aliphatic carbocycles. The van der Waals surface area contributed by atoms with Gasteiger partial charge in [0.2, 0.25) is 0 Å². The molecule has 0 aromatic heterocycles. The molecule has 0 radical (unpaired) electrons. The van der Waals surface area contributed by atoms with Crippen LogP contribution in [0.1, 0.15) is 39.0 Å². The molecule has 0 spiro atoms. The van der Waals surface area contributed by atoms with E-state index >= 15 is 0 Å². The molecule has 1 heteroatoms. The molecule has 0 bridgehead atoms. The first kappa shape index (κ1) is 7.37. The summed E-state index contributed by atoms with van der Waals surface area (Å²) in [6.45, 7) is 2.49. The third-order valence-corrected chi connectivity index (χ3v) is 4.79. The van der Waals surface area contributed by atoms with Gasteiger partial charge in [-0.05, 0) is 55.3 Å². The summed E-state index contributed by atoms with van der Waals surface area (Å²) in [5, 5.41) is 0. The molecule has 5 atom stereocenters. The van der Waals surface area contributed by atoms with E-state index in [9.17, 15) is 0 Å². The van der Waals surface area contributed by atoms with E-state index in [0.29, 0.717) is 6.04 Å². The van der Waals surface area contributed by atoms with Gasteiger partial charge >= 0.3 is 0 Å². The SMILES string of the molecule is CC12CC3CC[C@H](N)C[C@H](C1)[C@@H]32. The van der Waals surface area contributed by atoms with E-state index in [1.54, 1.807) is 0 Å². The van der Waals surface area contributed by atoms with E-state index in [1.807, 2.05) is 0 Å². The Kier molecular flexibility index (Phi) is 1.27. The van der Waals surface area contributed by atoms with Gasteiger partial charge in [0.1, 0.15) is 0 Å². The second kappa shape index (κ2) is 2.06. The Morgan fingerprint density at radius 1 is 1.17 bits per heavy atom. The van der Waals surface area contributed by atoms with Gasteiger partial charge in [0.05, 0.1) is 0 Å². The smallest absolute Gasteiger partial charge is 0.00416 e. The molecular weight excluding hydrogens is 146 g/mol. The first-order valence-corrected chi connectivity index (χ1v) is 5.45. The van der Waals surface area contributed by atoms with Crippen LogP contribution in [0.4, 0.5) is 0 Å². The van der Waals surface area contributed by atoms with E-state index < -0.39 is 0 Å². The van der Waals surface area contributed by atoms with Crippen LogP contribution in [0.5, 0.6) is 0 Å². The minimum Gasteiger partial charge on any atom is -0.328 e. The van der Waals surface area contributed by atoms with Crippen molar-refractivity contribution >= 4 is 0 Å². The molecule has 3 saturated carbocycles. The molecule has 0 saturated heterocycles. The molecule has 0 aromatic carbocycles.